The molecule has 1 heteroatoms. The summed E-state index contributed by atoms with van der Waals surface area (Å²) in [6.07, 6.45) is 6.75. The van der Waals surface area contributed by atoms with E-state index in [0.29, 0.717) is 5.92 Å². The lowest BCUT2D eigenvalue weighted by molar-refractivity contribution is 0.445. The first-order valence-electron chi connectivity index (χ1n) is 8.75. The minimum absolute atomic E-state index is 0.694. The topological polar surface area (TPSA) is 13.1 Å². The quantitative estimate of drug-likeness (QED) is 0.377. The second-order valence-electron chi connectivity index (χ2n) is 6.82. The van der Waals surface area contributed by atoms with E-state index in [1.807, 2.05) is 0 Å². The van der Waals surface area contributed by atoms with Crippen LogP contribution in [0.5, 0.6) is 0 Å². The van der Waals surface area contributed by atoms with Crippen LogP contribution >= 0.6 is 0 Å². The highest BCUT2D eigenvalue weighted by Gasteiger charge is 2.21. The molecule has 1 fully saturated rings. The highest BCUT2D eigenvalue weighted by atomic mass is 16.3. The van der Waals surface area contributed by atoms with Gasteiger partial charge in [-0.05, 0) is 41.8 Å². The third-order valence-corrected chi connectivity index (χ3v) is 5.46. The van der Waals surface area contributed by atoms with E-state index in [1.54, 1.807) is 0 Å². The van der Waals surface area contributed by atoms with E-state index >= 15 is 0 Å². The molecule has 0 N–H and O–H groups in total. The molecular formula is C22H20O. The predicted octanol–water partition coefficient (Wildman–Crippen LogP) is 6.79. The zero-order chi connectivity index (χ0) is 15.2. The van der Waals surface area contributed by atoms with E-state index in [-0.39, 0.29) is 0 Å². The van der Waals surface area contributed by atoms with Crippen LogP contribution in [0.15, 0.2) is 59.0 Å². The van der Waals surface area contributed by atoms with Gasteiger partial charge in [-0.2, -0.15) is 0 Å². The van der Waals surface area contributed by atoms with E-state index in [2.05, 4.69) is 54.6 Å². The molecule has 0 saturated heterocycles. The number of rotatable bonds is 1. The lowest BCUT2D eigenvalue weighted by atomic mass is 9.82. The van der Waals surface area contributed by atoms with Crippen LogP contribution in [0, 0.1) is 0 Å². The van der Waals surface area contributed by atoms with Crippen LogP contribution < -0.4 is 0 Å². The van der Waals surface area contributed by atoms with Gasteiger partial charge >= 0.3 is 0 Å². The number of hydrogen-bond acceptors (Lipinski definition) is 1. The maximum Gasteiger partial charge on any atom is 0.143 e. The molecule has 0 atom stereocenters. The minimum atomic E-state index is 0.694. The van der Waals surface area contributed by atoms with E-state index in [9.17, 15) is 0 Å². The van der Waals surface area contributed by atoms with Crippen molar-refractivity contribution in [3.05, 3.63) is 60.2 Å². The van der Waals surface area contributed by atoms with Crippen LogP contribution in [0.3, 0.4) is 0 Å². The highest BCUT2D eigenvalue weighted by Crippen LogP contribution is 2.41. The lowest BCUT2D eigenvalue weighted by Gasteiger charge is -2.22. The molecule has 1 saturated carbocycles. The Morgan fingerprint density at radius 1 is 0.739 bits per heavy atom. The lowest BCUT2D eigenvalue weighted by Crippen LogP contribution is -2.04. The molecule has 0 aliphatic heterocycles. The van der Waals surface area contributed by atoms with Gasteiger partial charge in [0.1, 0.15) is 11.2 Å². The molecule has 1 aromatic heterocycles. The minimum Gasteiger partial charge on any atom is -0.455 e. The Kier molecular flexibility index (Phi) is 2.94. The standard InChI is InChI=1S/C22H20O/c1-2-7-15(8-3-1)17-11-6-12-20-21(17)19-14-13-16-9-4-5-10-18(16)22(19)23-20/h4-6,9-15H,1-3,7-8H2. The summed E-state index contributed by atoms with van der Waals surface area (Å²) in [6, 6.07) is 19.6. The summed E-state index contributed by atoms with van der Waals surface area (Å²) in [5.74, 6) is 0.694. The van der Waals surface area contributed by atoms with Gasteiger partial charge in [0.25, 0.3) is 0 Å². The van der Waals surface area contributed by atoms with E-state index < -0.39 is 0 Å². The molecule has 0 radical (unpaired) electrons. The van der Waals surface area contributed by atoms with Gasteiger partial charge in [0.2, 0.25) is 0 Å². The van der Waals surface area contributed by atoms with Crippen molar-refractivity contribution in [2.24, 2.45) is 0 Å². The van der Waals surface area contributed by atoms with Crippen LogP contribution in [0.4, 0.5) is 0 Å². The fourth-order valence-corrected chi connectivity index (χ4v) is 4.33. The summed E-state index contributed by atoms with van der Waals surface area (Å²) in [7, 11) is 0. The van der Waals surface area contributed by atoms with Gasteiger partial charge in [-0.1, -0.05) is 61.7 Å². The maximum absolute atomic E-state index is 6.30. The zero-order valence-electron chi connectivity index (χ0n) is 13.2. The van der Waals surface area contributed by atoms with Gasteiger partial charge in [0, 0.05) is 16.2 Å². The van der Waals surface area contributed by atoms with E-state index in [0.717, 1.165) is 11.2 Å². The molecule has 3 aromatic carbocycles. The molecule has 1 aliphatic carbocycles. The number of fused-ring (bicyclic) bond motifs is 5. The van der Waals surface area contributed by atoms with Crippen molar-refractivity contribution in [3.8, 4) is 0 Å². The Balaban J connectivity index is 1.85. The van der Waals surface area contributed by atoms with Crippen molar-refractivity contribution >= 4 is 32.7 Å². The first kappa shape index (κ1) is 13.2. The SMILES string of the molecule is c1ccc2c(c1)ccc1c2oc2cccc(C3CCCCC3)c21. The first-order valence-corrected chi connectivity index (χ1v) is 8.75. The molecule has 0 amide bonds. The van der Waals surface area contributed by atoms with Crippen molar-refractivity contribution in [1.29, 1.82) is 0 Å². The summed E-state index contributed by atoms with van der Waals surface area (Å²) < 4.78 is 6.30. The smallest absolute Gasteiger partial charge is 0.143 e. The van der Waals surface area contributed by atoms with Crippen LogP contribution in [0.2, 0.25) is 0 Å². The van der Waals surface area contributed by atoms with Gasteiger partial charge in [-0.3, -0.25) is 0 Å². The van der Waals surface area contributed by atoms with Crippen molar-refractivity contribution in [1.82, 2.24) is 0 Å². The highest BCUT2D eigenvalue weighted by molar-refractivity contribution is 6.16. The maximum atomic E-state index is 6.30. The Morgan fingerprint density at radius 2 is 1.61 bits per heavy atom. The van der Waals surface area contributed by atoms with Crippen LogP contribution in [0.1, 0.15) is 43.6 Å². The average Bonchev–Trinajstić information content (AvgIpc) is 3.01. The molecule has 0 spiro atoms. The second-order valence-corrected chi connectivity index (χ2v) is 6.82. The van der Waals surface area contributed by atoms with Gasteiger partial charge in [0.05, 0.1) is 0 Å². The third-order valence-electron chi connectivity index (χ3n) is 5.46. The monoisotopic (exact) mass is 300 g/mol. The molecular weight excluding hydrogens is 280 g/mol. The number of hydrogen-bond donors (Lipinski definition) is 0. The van der Waals surface area contributed by atoms with Crippen molar-refractivity contribution in [2.75, 3.05) is 0 Å². The van der Waals surface area contributed by atoms with Crippen molar-refractivity contribution in [3.63, 3.8) is 0 Å². The van der Waals surface area contributed by atoms with E-state index in [4.69, 9.17) is 4.42 Å². The Labute approximate surface area is 135 Å². The average molecular weight is 300 g/mol. The Bertz CT molecular complexity index is 1000. The summed E-state index contributed by atoms with van der Waals surface area (Å²) in [5.41, 5.74) is 3.58. The molecule has 1 heterocycles. The molecule has 1 nitrogen and oxygen atoms in total. The Morgan fingerprint density at radius 3 is 2.52 bits per heavy atom. The molecule has 23 heavy (non-hydrogen) atoms. The fraction of sp³-hybridized carbons (Fsp3) is 0.273. The summed E-state index contributed by atoms with van der Waals surface area (Å²) in [5, 5.41) is 5.09. The number of furan rings is 1. The summed E-state index contributed by atoms with van der Waals surface area (Å²) in [6.45, 7) is 0. The zero-order valence-corrected chi connectivity index (χ0v) is 13.2. The molecule has 5 rings (SSSR count). The van der Waals surface area contributed by atoms with Crippen LogP contribution in [0.25, 0.3) is 32.7 Å². The van der Waals surface area contributed by atoms with Crippen LogP contribution in [-0.2, 0) is 0 Å². The fourth-order valence-electron chi connectivity index (χ4n) is 4.33. The number of benzene rings is 3. The largest absolute Gasteiger partial charge is 0.455 e. The summed E-state index contributed by atoms with van der Waals surface area (Å²) >= 11 is 0. The predicted molar refractivity (Wildman–Crippen MR) is 97.1 cm³/mol. The van der Waals surface area contributed by atoms with Crippen molar-refractivity contribution < 1.29 is 4.42 Å². The second kappa shape index (κ2) is 5.13. The van der Waals surface area contributed by atoms with Gasteiger partial charge < -0.3 is 4.42 Å². The molecule has 1 aliphatic rings. The summed E-state index contributed by atoms with van der Waals surface area (Å²) in [4.78, 5) is 0. The molecule has 0 bridgehead atoms. The van der Waals surface area contributed by atoms with Crippen molar-refractivity contribution in [2.45, 2.75) is 38.0 Å². The molecule has 0 unspecified atom stereocenters. The van der Waals surface area contributed by atoms with E-state index in [1.165, 1.54) is 59.2 Å². The Hall–Kier alpha value is -2.28. The molecule has 4 aromatic rings. The normalized spacial score (nSPS) is 16.5. The van der Waals surface area contributed by atoms with Gasteiger partial charge in [-0.15, -0.1) is 0 Å². The first-order chi connectivity index (χ1) is 11.4. The molecule has 114 valence electrons. The third kappa shape index (κ3) is 1.99. The van der Waals surface area contributed by atoms with Gasteiger partial charge in [-0.25, -0.2) is 0 Å². The van der Waals surface area contributed by atoms with Crippen LogP contribution in [-0.4, -0.2) is 0 Å². The van der Waals surface area contributed by atoms with Gasteiger partial charge in [0.15, 0.2) is 0 Å².